The zero-order valence-electron chi connectivity index (χ0n) is 12.1. The Balaban J connectivity index is 1.75. The van der Waals surface area contributed by atoms with Crippen LogP contribution >= 0.6 is 0 Å². The molecule has 1 aromatic rings. The molecule has 4 nitrogen and oxygen atoms in total. The zero-order valence-corrected chi connectivity index (χ0v) is 12.1. The Morgan fingerprint density at radius 1 is 1.43 bits per heavy atom. The van der Waals surface area contributed by atoms with Crippen molar-refractivity contribution in [2.24, 2.45) is 5.92 Å². The van der Waals surface area contributed by atoms with Gasteiger partial charge in [-0.3, -0.25) is 4.79 Å². The fraction of sp³-hybridized carbons (Fsp3) is 0.562. The number of aliphatic hydroxyl groups is 1. The number of carbonyl (C=O) groups excluding carboxylic acids is 1. The average molecular weight is 295 g/mol. The summed E-state index contributed by atoms with van der Waals surface area (Å²) in [5.74, 6) is 0.196. The van der Waals surface area contributed by atoms with E-state index in [1.165, 1.54) is 6.07 Å². The van der Waals surface area contributed by atoms with E-state index < -0.39 is 5.82 Å². The van der Waals surface area contributed by atoms with Crippen molar-refractivity contribution >= 4 is 5.91 Å². The van der Waals surface area contributed by atoms with Gasteiger partial charge in [0.15, 0.2) is 11.6 Å². The van der Waals surface area contributed by atoms with Crippen LogP contribution in [0.1, 0.15) is 25.7 Å². The minimum atomic E-state index is -0.411. The number of piperidine rings is 1. The summed E-state index contributed by atoms with van der Waals surface area (Å²) in [6, 6.07) is 6.19. The molecule has 1 saturated heterocycles. The fourth-order valence-electron chi connectivity index (χ4n) is 2.68. The molecule has 1 amide bonds. The number of carbonyl (C=O) groups is 1. The van der Waals surface area contributed by atoms with E-state index in [-0.39, 0.29) is 31.3 Å². The maximum atomic E-state index is 13.4. The van der Waals surface area contributed by atoms with Crippen LogP contribution in [0.15, 0.2) is 24.3 Å². The molecule has 0 saturated carbocycles. The summed E-state index contributed by atoms with van der Waals surface area (Å²) < 4.78 is 18.7. The summed E-state index contributed by atoms with van der Waals surface area (Å²) in [6.07, 6.45) is 3.04. The van der Waals surface area contributed by atoms with Gasteiger partial charge in [-0.25, -0.2) is 4.39 Å². The number of aliphatic hydroxyl groups excluding tert-OH is 1. The molecule has 1 heterocycles. The van der Waals surface area contributed by atoms with E-state index in [2.05, 4.69) is 0 Å². The van der Waals surface area contributed by atoms with Crippen LogP contribution in [-0.2, 0) is 4.79 Å². The number of para-hydroxylation sites is 1. The summed E-state index contributed by atoms with van der Waals surface area (Å²) in [5, 5.41) is 8.98. The number of amides is 1. The summed E-state index contributed by atoms with van der Waals surface area (Å²) in [5.41, 5.74) is 0. The van der Waals surface area contributed by atoms with E-state index in [1.807, 2.05) is 4.90 Å². The van der Waals surface area contributed by atoms with Gasteiger partial charge < -0.3 is 14.7 Å². The summed E-state index contributed by atoms with van der Waals surface area (Å²) in [7, 11) is 0. The second-order valence-corrected chi connectivity index (χ2v) is 5.39. The first kappa shape index (κ1) is 15.8. The molecule has 1 aromatic carbocycles. The second-order valence-electron chi connectivity index (χ2n) is 5.39. The van der Waals surface area contributed by atoms with Gasteiger partial charge in [-0.15, -0.1) is 0 Å². The van der Waals surface area contributed by atoms with Crippen LogP contribution < -0.4 is 4.74 Å². The van der Waals surface area contributed by atoms with Crippen LogP contribution in [0.25, 0.3) is 0 Å². The topological polar surface area (TPSA) is 49.8 Å². The molecule has 21 heavy (non-hydrogen) atoms. The van der Waals surface area contributed by atoms with Crippen molar-refractivity contribution in [3.05, 3.63) is 30.1 Å². The Morgan fingerprint density at radius 2 is 2.24 bits per heavy atom. The van der Waals surface area contributed by atoms with Crippen molar-refractivity contribution < 1.29 is 19.0 Å². The molecule has 1 aliphatic heterocycles. The van der Waals surface area contributed by atoms with Gasteiger partial charge in [0.1, 0.15) is 0 Å². The van der Waals surface area contributed by atoms with Gasteiger partial charge in [0.2, 0.25) is 5.91 Å². The predicted molar refractivity (Wildman–Crippen MR) is 77.5 cm³/mol. The minimum Gasteiger partial charge on any atom is -0.490 e. The van der Waals surface area contributed by atoms with Gasteiger partial charge in [-0.05, 0) is 37.3 Å². The van der Waals surface area contributed by atoms with E-state index in [0.717, 1.165) is 25.8 Å². The van der Waals surface area contributed by atoms with Gasteiger partial charge in [0.05, 0.1) is 13.0 Å². The lowest BCUT2D eigenvalue weighted by atomic mass is 9.95. The van der Waals surface area contributed by atoms with Crippen LogP contribution in [-0.4, -0.2) is 42.2 Å². The average Bonchev–Trinajstić information content (AvgIpc) is 2.50. The molecule has 0 aromatic heterocycles. The number of likely N-dealkylation sites (tertiary alicyclic amines) is 1. The molecule has 116 valence electrons. The Kier molecular flexibility index (Phi) is 5.99. The molecule has 0 aliphatic carbocycles. The summed E-state index contributed by atoms with van der Waals surface area (Å²) in [4.78, 5) is 13.9. The Bertz CT molecular complexity index is 465. The van der Waals surface area contributed by atoms with Gasteiger partial charge >= 0.3 is 0 Å². The zero-order chi connectivity index (χ0) is 15.1. The standard InChI is InChI=1S/C16H22FNO3/c17-14-5-1-2-6-15(14)21-11-8-16(20)18-9-3-4-13(12-18)7-10-19/h1-2,5-6,13,19H,3-4,7-12H2. The van der Waals surface area contributed by atoms with E-state index >= 15 is 0 Å². The van der Waals surface area contributed by atoms with Crippen molar-refractivity contribution in [3.8, 4) is 5.75 Å². The molecule has 5 heteroatoms. The predicted octanol–water partition coefficient (Wildman–Crippen LogP) is 2.22. The third-order valence-electron chi connectivity index (χ3n) is 3.82. The molecule has 1 fully saturated rings. The van der Waals surface area contributed by atoms with Crippen molar-refractivity contribution in [1.29, 1.82) is 0 Å². The first-order valence-corrected chi connectivity index (χ1v) is 7.46. The molecular formula is C16H22FNO3. The lowest BCUT2D eigenvalue weighted by Gasteiger charge is -2.32. The number of rotatable bonds is 6. The number of hydrogen-bond donors (Lipinski definition) is 1. The minimum absolute atomic E-state index is 0.0361. The number of halogens is 1. The lowest BCUT2D eigenvalue weighted by molar-refractivity contribution is -0.133. The first-order chi connectivity index (χ1) is 10.2. The molecule has 1 aliphatic rings. The van der Waals surface area contributed by atoms with Gasteiger partial charge in [-0.1, -0.05) is 12.1 Å². The highest BCUT2D eigenvalue weighted by Gasteiger charge is 2.23. The molecule has 0 spiro atoms. The molecule has 0 bridgehead atoms. The van der Waals surface area contributed by atoms with Crippen LogP contribution in [0.2, 0.25) is 0 Å². The third-order valence-corrected chi connectivity index (χ3v) is 3.82. The molecule has 1 N–H and O–H groups in total. The van der Waals surface area contributed by atoms with Crippen molar-refractivity contribution in [3.63, 3.8) is 0 Å². The second kappa shape index (κ2) is 7.98. The largest absolute Gasteiger partial charge is 0.490 e. The lowest BCUT2D eigenvalue weighted by Crippen LogP contribution is -2.40. The van der Waals surface area contributed by atoms with E-state index in [0.29, 0.717) is 12.5 Å². The molecule has 1 unspecified atom stereocenters. The smallest absolute Gasteiger partial charge is 0.226 e. The van der Waals surface area contributed by atoms with E-state index in [9.17, 15) is 9.18 Å². The van der Waals surface area contributed by atoms with E-state index in [4.69, 9.17) is 9.84 Å². The highest BCUT2D eigenvalue weighted by Crippen LogP contribution is 2.20. The van der Waals surface area contributed by atoms with Crippen LogP contribution in [0.4, 0.5) is 4.39 Å². The Hall–Kier alpha value is -1.62. The summed E-state index contributed by atoms with van der Waals surface area (Å²) in [6.45, 7) is 1.82. The highest BCUT2D eigenvalue weighted by atomic mass is 19.1. The summed E-state index contributed by atoms with van der Waals surface area (Å²) >= 11 is 0. The van der Waals surface area contributed by atoms with E-state index in [1.54, 1.807) is 18.2 Å². The maximum absolute atomic E-state index is 13.4. The number of nitrogens with zero attached hydrogens (tertiary/aromatic N) is 1. The third kappa shape index (κ3) is 4.70. The van der Waals surface area contributed by atoms with Crippen LogP contribution in [0.5, 0.6) is 5.75 Å². The van der Waals surface area contributed by atoms with Gasteiger partial charge in [0.25, 0.3) is 0 Å². The number of hydrogen-bond acceptors (Lipinski definition) is 3. The maximum Gasteiger partial charge on any atom is 0.226 e. The quantitative estimate of drug-likeness (QED) is 0.875. The first-order valence-electron chi connectivity index (χ1n) is 7.46. The number of ether oxygens (including phenoxy) is 1. The Labute approximate surface area is 124 Å². The van der Waals surface area contributed by atoms with Crippen molar-refractivity contribution in [2.75, 3.05) is 26.3 Å². The van der Waals surface area contributed by atoms with Gasteiger partial charge in [0, 0.05) is 19.7 Å². The normalized spacial score (nSPS) is 18.6. The number of benzene rings is 1. The Morgan fingerprint density at radius 3 is 3.00 bits per heavy atom. The molecule has 0 radical (unpaired) electrons. The van der Waals surface area contributed by atoms with Crippen molar-refractivity contribution in [2.45, 2.75) is 25.7 Å². The van der Waals surface area contributed by atoms with Gasteiger partial charge in [-0.2, -0.15) is 0 Å². The molecule has 1 atom stereocenters. The van der Waals surface area contributed by atoms with Crippen LogP contribution in [0.3, 0.4) is 0 Å². The highest BCUT2D eigenvalue weighted by molar-refractivity contribution is 5.76. The SMILES string of the molecule is O=C(CCOc1ccccc1F)N1CCCC(CCO)C1. The molecule has 2 rings (SSSR count). The fourth-order valence-corrected chi connectivity index (χ4v) is 2.68. The van der Waals surface area contributed by atoms with Crippen molar-refractivity contribution in [1.82, 2.24) is 4.90 Å². The van der Waals surface area contributed by atoms with Crippen LogP contribution in [0, 0.1) is 11.7 Å². The monoisotopic (exact) mass is 295 g/mol. The molecular weight excluding hydrogens is 273 g/mol.